The topological polar surface area (TPSA) is 40.5 Å². The Morgan fingerprint density at radius 1 is 1.45 bits per heavy atom. The number of aliphatic hydroxyl groups is 1. The van der Waals surface area contributed by atoms with Crippen LogP contribution in [-0.2, 0) is 10.2 Å². The summed E-state index contributed by atoms with van der Waals surface area (Å²) in [5.74, 6) is -0.180. The van der Waals surface area contributed by atoms with Gasteiger partial charge in [0.2, 0.25) is 5.91 Å². The number of β-amino-alcohol motifs (C(OH)–C–C–N with tert-alkyl or cyclic N) is 1. The lowest BCUT2D eigenvalue weighted by Gasteiger charge is -2.38. The molecule has 0 aromatic heterocycles. The van der Waals surface area contributed by atoms with Crippen LogP contribution in [0.2, 0.25) is 0 Å². The summed E-state index contributed by atoms with van der Waals surface area (Å²) in [6, 6.07) is 6.16. The van der Waals surface area contributed by atoms with Crippen LogP contribution in [0.25, 0.3) is 0 Å². The van der Waals surface area contributed by atoms with Gasteiger partial charge in [-0.15, -0.1) is 0 Å². The van der Waals surface area contributed by atoms with E-state index in [0.29, 0.717) is 18.7 Å². The minimum Gasteiger partial charge on any atom is -0.391 e. The number of benzene rings is 1. The van der Waals surface area contributed by atoms with Crippen molar-refractivity contribution < 1.29 is 14.3 Å². The molecule has 0 radical (unpaired) electrons. The van der Waals surface area contributed by atoms with Crippen LogP contribution >= 0.6 is 0 Å². The fraction of sp³-hybridized carbons (Fsp3) is 0.562. The third kappa shape index (κ3) is 2.85. The van der Waals surface area contributed by atoms with E-state index < -0.39 is 11.5 Å². The van der Waals surface area contributed by atoms with E-state index in [0.717, 1.165) is 6.42 Å². The Labute approximate surface area is 119 Å². The molecule has 1 fully saturated rings. The van der Waals surface area contributed by atoms with Gasteiger partial charge in [0, 0.05) is 13.1 Å². The molecule has 3 nitrogen and oxygen atoms in total. The van der Waals surface area contributed by atoms with Crippen molar-refractivity contribution in [2.24, 2.45) is 5.92 Å². The summed E-state index contributed by atoms with van der Waals surface area (Å²) in [4.78, 5) is 14.4. The number of amides is 1. The van der Waals surface area contributed by atoms with Gasteiger partial charge in [-0.1, -0.05) is 19.1 Å². The smallest absolute Gasteiger partial charge is 0.232 e. The van der Waals surface area contributed by atoms with Crippen molar-refractivity contribution in [3.05, 3.63) is 35.6 Å². The molecular formula is C16H22FNO2. The molecule has 2 unspecified atom stereocenters. The van der Waals surface area contributed by atoms with Crippen molar-refractivity contribution in [2.75, 3.05) is 13.1 Å². The van der Waals surface area contributed by atoms with Gasteiger partial charge >= 0.3 is 0 Å². The van der Waals surface area contributed by atoms with E-state index in [1.807, 2.05) is 6.92 Å². The molecule has 2 atom stereocenters. The highest BCUT2D eigenvalue weighted by Gasteiger charge is 2.37. The molecule has 20 heavy (non-hydrogen) atoms. The number of hydrogen-bond acceptors (Lipinski definition) is 2. The van der Waals surface area contributed by atoms with Crippen LogP contribution in [0.4, 0.5) is 4.39 Å². The van der Waals surface area contributed by atoms with Crippen molar-refractivity contribution in [1.29, 1.82) is 0 Å². The quantitative estimate of drug-likeness (QED) is 0.902. The largest absolute Gasteiger partial charge is 0.391 e. The van der Waals surface area contributed by atoms with Crippen LogP contribution in [-0.4, -0.2) is 35.1 Å². The predicted molar refractivity (Wildman–Crippen MR) is 75.8 cm³/mol. The predicted octanol–water partition coefficient (Wildman–Crippen LogP) is 2.33. The van der Waals surface area contributed by atoms with Crippen molar-refractivity contribution in [1.82, 2.24) is 4.90 Å². The van der Waals surface area contributed by atoms with Crippen LogP contribution in [0.1, 0.15) is 32.8 Å². The summed E-state index contributed by atoms with van der Waals surface area (Å²) in [6.45, 7) is 6.60. The van der Waals surface area contributed by atoms with Crippen LogP contribution < -0.4 is 0 Å². The third-order valence-electron chi connectivity index (χ3n) is 4.29. The fourth-order valence-electron chi connectivity index (χ4n) is 2.63. The van der Waals surface area contributed by atoms with E-state index in [9.17, 15) is 14.3 Å². The Kier molecular flexibility index (Phi) is 4.14. The van der Waals surface area contributed by atoms with Gasteiger partial charge < -0.3 is 10.0 Å². The zero-order valence-corrected chi connectivity index (χ0v) is 12.3. The summed E-state index contributed by atoms with van der Waals surface area (Å²) in [7, 11) is 0. The molecule has 110 valence electrons. The monoisotopic (exact) mass is 279 g/mol. The van der Waals surface area contributed by atoms with Crippen LogP contribution in [0.15, 0.2) is 24.3 Å². The van der Waals surface area contributed by atoms with E-state index in [2.05, 4.69) is 0 Å². The van der Waals surface area contributed by atoms with Crippen LogP contribution in [0.5, 0.6) is 0 Å². The van der Waals surface area contributed by atoms with E-state index in [-0.39, 0.29) is 17.6 Å². The normalized spacial score (nSPS) is 23.8. The lowest BCUT2D eigenvalue weighted by Crippen LogP contribution is -2.51. The maximum atomic E-state index is 13.4. The SMILES string of the molecule is CC1CCN(C(=O)C(C)(C)c2cccc(F)c2)CC1O. The van der Waals surface area contributed by atoms with Crippen LogP contribution in [0, 0.1) is 11.7 Å². The average molecular weight is 279 g/mol. The van der Waals surface area contributed by atoms with Gasteiger partial charge in [-0.25, -0.2) is 4.39 Å². The first-order chi connectivity index (χ1) is 9.32. The summed E-state index contributed by atoms with van der Waals surface area (Å²) in [6.07, 6.45) is 0.322. The standard InChI is InChI=1S/C16H22FNO2/c1-11-7-8-18(10-14(11)19)15(20)16(2,3)12-5-4-6-13(17)9-12/h4-6,9,11,14,19H,7-8,10H2,1-3H3. The van der Waals surface area contributed by atoms with Crippen molar-refractivity contribution in [3.8, 4) is 0 Å². The van der Waals surface area contributed by atoms with Crippen molar-refractivity contribution >= 4 is 5.91 Å². The zero-order chi connectivity index (χ0) is 14.9. The first kappa shape index (κ1) is 15.0. The number of rotatable bonds is 2. The maximum absolute atomic E-state index is 13.4. The molecular weight excluding hydrogens is 257 g/mol. The molecule has 1 aliphatic rings. The molecule has 1 N–H and O–H groups in total. The van der Waals surface area contributed by atoms with Crippen molar-refractivity contribution in [3.63, 3.8) is 0 Å². The number of likely N-dealkylation sites (tertiary alicyclic amines) is 1. The molecule has 0 saturated carbocycles. The maximum Gasteiger partial charge on any atom is 0.232 e. The molecule has 1 amide bonds. The molecule has 2 rings (SSSR count). The highest BCUT2D eigenvalue weighted by molar-refractivity contribution is 5.87. The summed E-state index contributed by atoms with van der Waals surface area (Å²) in [5.41, 5.74) is -0.127. The highest BCUT2D eigenvalue weighted by Crippen LogP contribution is 2.28. The minimum atomic E-state index is -0.789. The number of carbonyl (C=O) groups excluding carboxylic acids is 1. The fourth-order valence-corrected chi connectivity index (χ4v) is 2.63. The van der Waals surface area contributed by atoms with E-state index in [1.54, 1.807) is 30.9 Å². The Morgan fingerprint density at radius 3 is 2.75 bits per heavy atom. The van der Waals surface area contributed by atoms with Gasteiger partial charge in [-0.05, 0) is 43.9 Å². The minimum absolute atomic E-state index is 0.0611. The van der Waals surface area contributed by atoms with Crippen molar-refractivity contribution in [2.45, 2.75) is 38.7 Å². The second-order valence-electron chi connectivity index (χ2n) is 6.22. The number of aliphatic hydroxyl groups excluding tert-OH is 1. The highest BCUT2D eigenvalue weighted by atomic mass is 19.1. The van der Waals surface area contributed by atoms with Crippen LogP contribution in [0.3, 0.4) is 0 Å². The van der Waals surface area contributed by atoms with E-state index >= 15 is 0 Å². The average Bonchev–Trinajstić information content (AvgIpc) is 2.41. The zero-order valence-electron chi connectivity index (χ0n) is 12.3. The number of halogens is 1. The molecule has 1 aliphatic heterocycles. The number of piperidine rings is 1. The number of nitrogens with zero attached hydrogens (tertiary/aromatic N) is 1. The van der Waals surface area contributed by atoms with Gasteiger partial charge in [0.05, 0.1) is 11.5 Å². The first-order valence-corrected chi connectivity index (χ1v) is 7.06. The van der Waals surface area contributed by atoms with Gasteiger partial charge in [0.15, 0.2) is 0 Å². The molecule has 4 heteroatoms. The van der Waals surface area contributed by atoms with Gasteiger partial charge in [-0.2, -0.15) is 0 Å². The number of hydrogen-bond donors (Lipinski definition) is 1. The summed E-state index contributed by atoms with van der Waals surface area (Å²) < 4.78 is 13.4. The van der Waals surface area contributed by atoms with Gasteiger partial charge in [0.1, 0.15) is 5.82 Å². The van der Waals surface area contributed by atoms with E-state index in [1.165, 1.54) is 12.1 Å². The van der Waals surface area contributed by atoms with Gasteiger partial charge in [0.25, 0.3) is 0 Å². The molecule has 1 heterocycles. The lowest BCUT2D eigenvalue weighted by molar-refractivity contribution is -0.140. The molecule has 0 spiro atoms. The Balaban J connectivity index is 2.19. The second kappa shape index (κ2) is 5.52. The summed E-state index contributed by atoms with van der Waals surface area (Å²) >= 11 is 0. The molecule has 1 saturated heterocycles. The lowest BCUT2D eigenvalue weighted by atomic mass is 9.82. The Hall–Kier alpha value is -1.42. The first-order valence-electron chi connectivity index (χ1n) is 7.06. The molecule has 0 aliphatic carbocycles. The molecule has 1 aromatic rings. The Morgan fingerprint density at radius 2 is 2.15 bits per heavy atom. The van der Waals surface area contributed by atoms with E-state index in [4.69, 9.17) is 0 Å². The molecule has 1 aromatic carbocycles. The summed E-state index contributed by atoms with van der Waals surface area (Å²) in [5, 5.41) is 9.92. The third-order valence-corrected chi connectivity index (χ3v) is 4.29. The Bertz CT molecular complexity index is 501. The van der Waals surface area contributed by atoms with Gasteiger partial charge in [-0.3, -0.25) is 4.79 Å². The second-order valence-corrected chi connectivity index (χ2v) is 6.22. The number of carbonyl (C=O) groups is 1. The molecule has 0 bridgehead atoms.